The maximum absolute atomic E-state index is 11.7. The van der Waals surface area contributed by atoms with E-state index in [1.165, 1.54) is 25.7 Å². The molecule has 0 aromatic heterocycles. The molecule has 1 heterocycles. The molecule has 116 valence electrons. The van der Waals surface area contributed by atoms with Gasteiger partial charge in [-0.3, -0.25) is 4.79 Å². The van der Waals surface area contributed by atoms with Crippen molar-refractivity contribution in [1.29, 1.82) is 0 Å². The average molecular weight is 289 g/mol. The van der Waals surface area contributed by atoms with Crippen LogP contribution in [-0.2, 0) is 11.2 Å². The Kier molecular flexibility index (Phi) is 5.66. The molecule has 0 spiro atoms. The van der Waals surface area contributed by atoms with Gasteiger partial charge in [0.15, 0.2) is 0 Å². The fraction of sp³-hybridized carbons (Fsp3) is 0.611. The SMILES string of the molecule is CCC(=O)N1CCCc2cc(O)ccc21.CCC1CCC1. The quantitative estimate of drug-likeness (QED) is 0.883. The molecular weight excluding hydrogens is 262 g/mol. The van der Waals surface area contributed by atoms with Gasteiger partial charge in [0.05, 0.1) is 0 Å². The zero-order valence-corrected chi connectivity index (χ0v) is 13.3. The number of anilines is 1. The smallest absolute Gasteiger partial charge is 0.226 e. The second-order valence-electron chi connectivity index (χ2n) is 6.02. The molecule has 1 amide bonds. The third-order valence-corrected chi connectivity index (χ3v) is 4.59. The van der Waals surface area contributed by atoms with Crippen molar-refractivity contribution in [1.82, 2.24) is 0 Å². The number of aromatic hydroxyl groups is 1. The molecule has 1 fully saturated rings. The summed E-state index contributed by atoms with van der Waals surface area (Å²) in [6.45, 7) is 4.95. The molecule has 1 aromatic rings. The molecule has 3 heteroatoms. The van der Waals surface area contributed by atoms with Crippen molar-refractivity contribution in [3.63, 3.8) is 0 Å². The van der Waals surface area contributed by atoms with E-state index in [-0.39, 0.29) is 11.7 Å². The maximum atomic E-state index is 11.7. The molecule has 1 aliphatic carbocycles. The van der Waals surface area contributed by atoms with Gasteiger partial charge in [-0.05, 0) is 42.5 Å². The highest BCUT2D eigenvalue weighted by Gasteiger charge is 2.21. The lowest BCUT2D eigenvalue weighted by Gasteiger charge is -2.29. The Balaban J connectivity index is 0.000000225. The zero-order chi connectivity index (χ0) is 15.2. The number of amides is 1. The normalized spacial score (nSPS) is 17.3. The molecule has 1 saturated carbocycles. The molecule has 1 aromatic carbocycles. The Labute approximate surface area is 128 Å². The van der Waals surface area contributed by atoms with E-state index in [9.17, 15) is 9.90 Å². The molecular formula is C18H27NO2. The number of carbonyl (C=O) groups is 1. The number of fused-ring (bicyclic) bond motifs is 1. The average Bonchev–Trinajstić information content (AvgIpc) is 2.45. The fourth-order valence-corrected chi connectivity index (χ4v) is 2.93. The summed E-state index contributed by atoms with van der Waals surface area (Å²) in [5.74, 6) is 1.55. The van der Waals surface area contributed by atoms with Crippen molar-refractivity contribution >= 4 is 11.6 Å². The molecule has 0 atom stereocenters. The summed E-state index contributed by atoms with van der Waals surface area (Å²) in [6.07, 6.45) is 8.38. The number of benzene rings is 1. The molecule has 0 radical (unpaired) electrons. The zero-order valence-electron chi connectivity index (χ0n) is 13.3. The molecule has 1 N–H and O–H groups in total. The highest BCUT2D eigenvalue weighted by molar-refractivity contribution is 5.94. The predicted molar refractivity (Wildman–Crippen MR) is 86.7 cm³/mol. The number of phenols is 1. The lowest BCUT2D eigenvalue weighted by Crippen LogP contribution is -2.34. The molecule has 2 aliphatic rings. The fourth-order valence-electron chi connectivity index (χ4n) is 2.93. The minimum Gasteiger partial charge on any atom is -0.508 e. The summed E-state index contributed by atoms with van der Waals surface area (Å²) in [7, 11) is 0. The summed E-state index contributed by atoms with van der Waals surface area (Å²) in [5, 5.41) is 9.37. The molecule has 3 nitrogen and oxygen atoms in total. The van der Waals surface area contributed by atoms with E-state index in [0.29, 0.717) is 6.42 Å². The first-order valence-corrected chi connectivity index (χ1v) is 8.28. The van der Waals surface area contributed by atoms with Gasteiger partial charge in [0.1, 0.15) is 5.75 Å². The molecule has 0 bridgehead atoms. The van der Waals surface area contributed by atoms with Crippen LogP contribution in [0.5, 0.6) is 5.75 Å². The molecule has 0 saturated heterocycles. The molecule has 0 unspecified atom stereocenters. The Hall–Kier alpha value is -1.51. The standard InChI is InChI=1S/C12H15NO2.C6H12/c1-2-12(15)13-7-3-4-9-8-10(14)5-6-11(9)13;1-2-6-4-3-5-6/h5-6,8,14H,2-4,7H2,1H3;6H,2-5H2,1H3. The minimum atomic E-state index is 0.154. The Morgan fingerprint density at radius 3 is 2.57 bits per heavy atom. The summed E-state index contributed by atoms with van der Waals surface area (Å²) < 4.78 is 0. The second kappa shape index (κ2) is 7.48. The Bertz CT molecular complexity index is 477. The van der Waals surface area contributed by atoms with E-state index < -0.39 is 0 Å². The van der Waals surface area contributed by atoms with Crippen LogP contribution >= 0.6 is 0 Å². The lowest BCUT2D eigenvalue weighted by molar-refractivity contribution is -0.118. The summed E-state index contributed by atoms with van der Waals surface area (Å²) in [4.78, 5) is 13.5. The first kappa shape index (κ1) is 15.9. The lowest BCUT2D eigenvalue weighted by atomic mass is 9.84. The first-order chi connectivity index (χ1) is 10.2. The van der Waals surface area contributed by atoms with Crippen LogP contribution < -0.4 is 4.90 Å². The number of nitrogens with zero attached hydrogens (tertiary/aromatic N) is 1. The highest BCUT2D eigenvalue weighted by Crippen LogP contribution is 2.30. The van der Waals surface area contributed by atoms with Crippen molar-refractivity contribution in [2.45, 2.75) is 58.8 Å². The van der Waals surface area contributed by atoms with E-state index in [1.54, 1.807) is 12.1 Å². The predicted octanol–water partition coefficient (Wildman–Crippen LogP) is 4.28. The number of phenolic OH excluding ortho intramolecular Hbond substituents is 1. The van der Waals surface area contributed by atoms with Crippen LogP contribution in [0.3, 0.4) is 0 Å². The van der Waals surface area contributed by atoms with E-state index in [0.717, 1.165) is 36.6 Å². The van der Waals surface area contributed by atoms with Gasteiger partial charge in [0.2, 0.25) is 5.91 Å². The maximum Gasteiger partial charge on any atom is 0.226 e. The van der Waals surface area contributed by atoms with E-state index in [2.05, 4.69) is 6.92 Å². The van der Waals surface area contributed by atoms with Gasteiger partial charge in [-0.2, -0.15) is 0 Å². The van der Waals surface area contributed by atoms with Gasteiger partial charge in [-0.15, -0.1) is 0 Å². The van der Waals surface area contributed by atoms with Crippen molar-refractivity contribution < 1.29 is 9.90 Å². The van der Waals surface area contributed by atoms with Crippen molar-refractivity contribution in [3.05, 3.63) is 23.8 Å². The number of rotatable bonds is 2. The first-order valence-electron chi connectivity index (χ1n) is 8.28. The van der Waals surface area contributed by atoms with Gasteiger partial charge < -0.3 is 10.0 Å². The van der Waals surface area contributed by atoms with E-state index >= 15 is 0 Å². The topological polar surface area (TPSA) is 40.5 Å². The van der Waals surface area contributed by atoms with Crippen molar-refractivity contribution in [3.8, 4) is 5.75 Å². The molecule has 21 heavy (non-hydrogen) atoms. The third kappa shape index (κ3) is 3.99. The van der Waals surface area contributed by atoms with Crippen LogP contribution in [0.25, 0.3) is 0 Å². The minimum absolute atomic E-state index is 0.154. The second-order valence-corrected chi connectivity index (χ2v) is 6.02. The number of hydrogen-bond acceptors (Lipinski definition) is 2. The van der Waals surface area contributed by atoms with Gasteiger partial charge >= 0.3 is 0 Å². The Morgan fingerprint density at radius 1 is 1.29 bits per heavy atom. The monoisotopic (exact) mass is 289 g/mol. The number of aryl methyl sites for hydroxylation is 1. The van der Waals surface area contributed by atoms with Gasteiger partial charge in [0, 0.05) is 18.7 Å². The van der Waals surface area contributed by atoms with Gasteiger partial charge in [-0.1, -0.05) is 39.5 Å². The van der Waals surface area contributed by atoms with Crippen LogP contribution in [-0.4, -0.2) is 17.6 Å². The highest BCUT2D eigenvalue weighted by atomic mass is 16.3. The number of carbonyl (C=O) groups excluding carboxylic acids is 1. The van der Waals surface area contributed by atoms with Crippen molar-refractivity contribution in [2.24, 2.45) is 5.92 Å². The largest absolute Gasteiger partial charge is 0.508 e. The summed E-state index contributed by atoms with van der Waals surface area (Å²) in [5.41, 5.74) is 2.04. The Morgan fingerprint density at radius 2 is 2.05 bits per heavy atom. The number of hydrogen-bond donors (Lipinski definition) is 1. The van der Waals surface area contributed by atoms with Crippen LogP contribution in [0.2, 0.25) is 0 Å². The van der Waals surface area contributed by atoms with Gasteiger partial charge in [-0.25, -0.2) is 0 Å². The van der Waals surface area contributed by atoms with E-state index in [4.69, 9.17) is 0 Å². The summed E-state index contributed by atoms with van der Waals surface area (Å²) >= 11 is 0. The molecule has 1 aliphatic heterocycles. The van der Waals surface area contributed by atoms with Crippen LogP contribution in [0, 0.1) is 5.92 Å². The van der Waals surface area contributed by atoms with Crippen LogP contribution in [0.4, 0.5) is 5.69 Å². The molecule has 3 rings (SSSR count). The van der Waals surface area contributed by atoms with Gasteiger partial charge in [0.25, 0.3) is 0 Å². The van der Waals surface area contributed by atoms with Crippen LogP contribution in [0.1, 0.15) is 57.9 Å². The van der Waals surface area contributed by atoms with Crippen LogP contribution in [0.15, 0.2) is 18.2 Å². The summed E-state index contributed by atoms with van der Waals surface area (Å²) in [6, 6.07) is 5.22. The third-order valence-electron chi connectivity index (χ3n) is 4.59. The van der Waals surface area contributed by atoms with E-state index in [1.807, 2.05) is 17.9 Å². The van der Waals surface area contributed by atoms with Crippen molar-refractivity contribution in [2.75, 3.05) is 11.4 Å².